The molecule has 0 radical (unpaired) electrons. The zero-order valence-electron chi connectivity index (χ0n) is 12.1. The van der Waals surface area contributed by atoms with E-state index < -0.39 is 0 Å². The third kappa shape index (κ3) is 3.37. The molecule has 1 unspecified atom stereocenters. The number of hydrogen-bond acceptors (Lipinski definition) is 3. The number of aryl methyl sites for hydroxylation is 1. The van der Waals surface area contributed by atoms with E-state index in [2.05, 4.69) is 25.1 Å². The van der Waals surface area contributed by atoms with E-state index in [1.54, 1.807) is 16.2 Å². The van der Waals surface area contributed by atoms with Crippen LogP contribution in [-0.2, 0) is 11.3 Å². The van der Waals surface area contributed by atoms with Gasteiger partial charge in [-0.1, -0.05) is 18.2 Å². The summed E-state index contributed by atoms with van der Waals surface area (Å²) < 4.78 is 1.22. The molecule has 0 aliphatic heterocycles. The van der Waals surface area contributed by atoms with Crippen molar-refractivity contribution >= 4 is 38.9 Å². The molecule has 5 heteroatoms. The number of thiophene rings is 1. The predicted molar refractivity (Wildman–Crippen MR) is 87.5 cm³/mol. The average Bonchev–Trinajstić information content (AvgIpc) is 2.81. The zero-order valence-corrected chi connectivity index (χ0v) is 13.7. The number of alkyl halides is 1. The maximum Gasteiger partial charge on any atom is 0.238 e. The van der Waals surface area contributed by atoms with E-state index in [0.29, 0.717) is 13.0 Å². The number of carbonyl (C=O) groups is 1. The Morgan fingerprint density at radius 3 is 2.81 bits per heavy atom. The Kier molecular flexibility index (Phi) is 5.22. The molecule has 1 atom stereocenters. The SMILES string of the molecule is Cc1c(CN(C(=O)CCl)C(C)CC#N)sc2ccccc12. The van der Waals surface area contributed by atoms with Crippen molar-refractivity contribution in [3.63, 3.8) is 0 Å². The van der Waals surface area contributed by atoms with Gasteiger partial charge >= 0.3 is 0 Å². The van der Waals surface area contributed by atoms with Crippen LogP contribution < -0.4 is 0 Å². The fraction of sp³-hybridized carbons (Fsp3) is 0.375. The van der Waals surface area contributed by atoms with Gasteiger partial charge in [-0.3, -0.25) is 4.79 Å². The first kappa shape index (κ1) is 15.8. The molecule has 0 N–H and O–H groups in total. The van der Waals surface area contributed by atoms with Crippen LogP contribution in [0.25, 0.3) is 10.1 Å². The monoisotopic (exact) mass is 320 g/mol. The van der Waals surface area contributed by atoms with Crippen LogP contribution in [0, 0.1) is 18.3 Å². The van der Waals surface area contributed by atoms with Crippen molar-refractivity contribution in [3.8, 4) is 6.07 Å². The molecular formula is C16H17ClN2OS. The van der Waals surface area contributed by atoms with Crippen LogP contribution in [0.15, 0.2) is 24.3 Å². The lowest BCUT2D eigenvalue weighted by Crippen LogP contribution is -2.38. The summed E-state index contributed by atoms with van der Waals surface area (Å²) in [5.41, 5.74) is 1.20. The Morgan fingerprint density at radius 1 is 1.48 bits per heavy atom. The Balaban J connectivity index is 2.32. The second kappa shape index (κ2) is 6.93. The topological polar surface area (TPSA) is 44.1 Å². The lowest BCUT2D eigenvalue weighted by Gasteiger charge is -2.27. The second-order valence-electron chi connectivity index (χ2n) is 5.01. The first-order valence-corrected chi connectivity index (χ1v) is 8.13. The van der Waals surface area contributed by atoms with Crippen LogP contribution in [-0.4, -0.2) is 22.7 Å². The first-order chi connectivity index (χ1) is 10.1. The highest BCUT2D eigenvalue weighted by atomic mass is 35.5. The largest absolute Gasteiger partial charge is 0.333 e. The standard InChI is InChI=1S/C16H17ClN2OS/c1-11(7-8-18)19(16(20)9-17)10-15-12(2)13-5-3-4-6-14(13)21-15/h3-6,11H,7,9-10H2,1-2H3. The Morgan fingerprint density at radius 2 is 2.19 bits per heavy atom. The summed E-state index contributed by atoms with van der Waals surface area (Å²) in [7, 11) is 0. The summed E-state index contributed by atoms with van der Waals surface area (Å²) >= 11 is 7.40. The molecule has 0 aliphatic carbocycles. The van der Waals surface area contributed by atoms with Crippen molar-refractivity contribution in [3.05, 3.63) is 34.7 Å². The van der Waals surface area contributed by atoms with Gasteiger partial charge in [-0.25, -0.2) is 0 Å². The number of benzene rings is 1. The number of halogens is 1. The predicted octanol–water partition coefficient (Wildman–Crippen LogP) is 4.08. The van der Waals surface area contributed by atoms with Crippen molar-refractivity contribution in [1.29, 1.82) is 5.26 Å². The van der Waals surface area contributed by atoms with E-state index >= 15 is 0 Å². The molecule has 1 heterocycles. The molecule has 0 saturated heterocycles. The van der Waals surface area contributed by atoms with Gasteiger partial charge in [0, 0.05) is 15.6 Å². The van der Waals surface area contributed by atoms with E-state index in [1.165, 1.54) is 15.6 Å². The summed E-state index contributed by atoms with van der Waals surface area (Å²) in [5, 5.41) is 10.1. The minimum Gasteiger partial charge on any atom is -0.333 e. The van der Waals surface area contributed by atoms with Crippen molar-refractivity contribution in [2.24, 2.45) is 0 Å². The summed E-state index contributed by atoms with van der Waals surface area (Å²) in [6.07, 6.45) is 0.312. The lowest BCUT2D eigenvalue weighted by molar-refractivity contribution is -0.131. The number of nitriles is 1. The Labute approximate surface area is 133 Å². The summed E-state index contributed by atoms with van der Waals surface area (Å²) in [4.78, 5) is 14.9. The fourth-order valence-corrected chi connectivity index (χ4v) is 3.70. The molecule has 0 aliphatic rings. The Bertz CT molecular complexity index is 689. The molecule has 1 aromatic heterocycles. The van der Waals surface area contributed by atoms with Crippen LogP contribution in [0.3, 0.4) is 0 Å². The van der Waals surface area contributed by atoms with Gasteiger partial charge in [-0.15, -0.1) is 22.9 Å². The first-order valence-electron chi connectivity index (χ1n) is 6.77. The highest BCUT2D eigenvalue weighted by molar-refractivity contribution is 7.19. The van der Waals surface area contributed by atoms with E-state index in [4.69, 9.17) is 16.9 Å². The van der Waals surface area contributed by atoms with E-state index in [0.717, 1.165) is 4.88 Å². The van der Waals surface area contributed by atoms with E-state index in [9.17, 15) is 4.79 Å². The maximum atomic E-state index is 12.0. The number of nitrogens with zero attached hydrogens (tertiary/aromatic N) is 2. The second-order valence-corrected chi connectivity index (χ2v) is 6.42. The molecule has 1 amide bonds. The summed E-state index contributed by atoms with van der Waals surface area (Å²) in [5.74, 6) is -0.184. The van der Waals surface area contributed by atoms with Crippen molar-refractivity contribution in [2.45, 2.75) is 32.9 Å². The normalized spacial score (nSPS) is 12.1. The minimum atomic E-state index is -0.133. The molecule has 21 heavy (non-hydrogen) atoms. The summed E-state index contributed by atoms with van der Waals surface area (Å²) in [6, 6.07) is 10.2. The van der Waals surface area contributed by atoms with Gasteiger partial charge in [-0.05, 0) is 30.9 Å². The molecule has 3 nitrogen and oxygen atoms in total. The molecule has 0 fully saturated rings. The molecule has 0 saturated carbocycles. The quantitative estimate of drug-likeness (QED) is 0.779. The molecule has 1 aromatic carbocycles. The van der Waals surface area contributed by atoms with Gasteiger partial charge in [0.05, 0.1) is 19.0 Å². The highest BCUT2D eigenvalue weighted by Crippen LogP contribution is 2.32. The molecule has 0 bridgehead atoms. The number of hydrogen-bond donors (Lipinski definition) is 0. The van der Waals surface area contributed by atoms with Crippen LogP contribution in [0.5, 0.6) is 0 Å². The van der Waals surface area contributed by atoms with Gasteiger partial charge in [-0.2, -0.15) is 5.26 Å². The third-order valence-electron chi connectivity index (χ3n) is 3.61. The van der Waals surface area contributed by atoms with Gasteiger partial charge in [0.1, 0.15) is 5.88 Å². The average molecular weight is 321 g/mol. The van der Waals surface area contributed by atoms with Gasteiger partial charge in [0.15, 0.2) is 0 Å². The highest BCUT2D eigenvalue weighted by Gasteiger charge is 2.21. The van der Waals surface area contributed by atoms with Crippen LogP contribution >= 0.6 is 22.9 Å². The minimum absolute atomic E-state index is 0.0558. The zero-order chi connectivity index (χ0) is 15.4. The van der Waals surface area contributed by atoms with Crippen molar-refractivity contribution < 1.29 is 4.79 Å². The van der Waals surface area contributed by atoms with Crippen molar-refractivity contribution in [2.75, 3.05) is 5.88 Å². The van der Waals surface area contributed by atoms with Gasteiger partial charge < -0.3 is 4.90 Å². The van der Waals surface area contributed by atoms with Gasteiger partial charge in [0.25, 0.3) is 0 Å². The van der Waals surface area contributed by atoms with Crippen molar-refractivity contribution in [1.82, 2.24) is 4.90 Å². The lowest BCUT2D eigenvalue weighted by atomic mass is 10.1. The van der Waals surface area contributed by atoms with Gasteiger partial charge in [0.2, 0.25) is 5.91 Å². The van der Waals surface area contributed by atoms with Crippen LogP contribution in [0.1, 0.15) is 23.8 Å². The summed E-state index contributed by atoms with van der Waals surface area (Å²) in [6.45, 7) is 4.47. The molecule has 0 spiro atoms. The molecule has 2 rings (SSSR count). The smallest absolute Gasteiger partial charge is 0.238 e. The molecule has 2 aromatic rings. The molecular weight excluding hydrogens is 304 g/mol. The number of amides is 1. The number of carbonyl (C=O) groups excluding carboxylic acids is 1. The maximum absolute atomic E-state index is 12.0. The van der Waals surface area contributed by atoms with Crippen LogP contribution in [0.2, 0.25) is 0 Å². The van der Waals surface area contributed by atoms with Crippen LogP contribution in [0.4, 0.5) is 0 Å². The third-order valence-corrected chi connectivity index (χ3v) is 5.10. The van der Waals surface area contributed by atoms with E-state index in [1.807, 2.05) is 19.1 Å². The number of fused-ring (bicyclic) bond motifs is 1. The fourth-order valence-electron chi connectivity index (χ4n) is 2.34. The Hall–Kier alpha value is -1.57. The number of rotatable bonds is 5. The van der Waals surface area contributed by atoms with E-state index in [-0.39, 0.29) is 17.8 Å². The molecule has 110 valence electrons.